The molecular formula is C11H21IN6. The number of rotatable bonds is 4. The molecule has 7 heteroatoms. The summed E-state index contributed by atoms with van der Waals surface area (Å²) >= 11 is 0. The quantitative estimate of drug-likeness (QED) is 0.473. The minimum atomic E-state index is 0. The second kappa shape index (κ2) is 6.91. The van der Waals surface area contributed by atoms with Gasteiger partial charge in [-0.15, -0.1) is 24.0 Å². The summed E-state index contributed by atoms with van der Waals surface area (Å²) in [6.07, 6.45) is 2.78. The summed E-state index contributed by atoms with van der Waals surface area (Å²) in [5.74, 6) is 2.49. The molecule has 2 N–H and O–H groups in total. The van der Waals surface area contributed by atoms with Gasteiger partial charge in [-0.05, 0) is 19.3 Å². The number of hydrogen-bond donors (Lipinski definition) is 2. The minimum Gasteiger partial charge on any atom is -0.357 e. The Morgan fingerprint density at radius 3 is 2.83 bits per heavy atom. The predicted molar refractivity (Wildman–Crippen MR) is 81.9 cm³/mol. The molecule has 0 spiro atoms. The van der Waals surface area contributed by atoms with Gasteiger partial charge < -0.3 is 10.6 Å². The number of nitrogens with zero attached hydrogens (tertiary/aromatic N) is 4. The van der Waals surface area contributed by atoms with Crippen LogP contribution in [0.2, 0.25) is 0 Å². The van der Waals surface area contributed by atoms with Crippen molar-refractivity contribution in [3.8, 4) is 0 Å². The molecule has 1 heterocycles. The molecule has 6 nitrogen and oxygen atoms in total. The zero-order valence-electron chi connectivity index (χ0n) is 11.1. The molecule has 1 aliphatic rings. The van der Waals surface area contributed by atoms with Crippen LogP contribution in [0.4, 0.5) is 0 Å². The van der Waals surface area contributed by atoms with E-state index < -0.39 is 0 Å². The first-order valence-corrected chi connectivity index (χ1v) is 6.08. The van der Waals surface area contributed by atoms with E-state index in [-0.39, 0.29) is 24.0 Å². The Labute approximate surface area is 125 Å². The molecule has 102 valence electrons. The van der Waals surface area contributed by atoms with Crippen LogP contribution in [0.3, 0.4) is 0 Å². The highest BCUT2D eigenvalue weighted by Gasteiger charge is 2.33. The number of aliphatic imine (C=N–C) groups is 1. The molecule has 2 unspecified atom stereocenters. The second-order valence-electron chi connectivity index (χ2n) is 4.46. The molecule has 1 fully saturated rings. The van der Waals surface area contributed by atoms with E-state index in [2.05, 4.69) is 39.6 Å². The van der Waals surface area contributed by atoms with Gasteiger partial charge in [-0.1, -0.05) is 6.92 Å². The van der Waals surface area contributed by atoms with Crippen molar-refractivity contribution < 1.29 is 0 Å². The van der Waals surface area contributed by atoms with E-state index in [0.717, 1.165) is 24.2 Å². The first kappa shape index (κ1) is 15.2. The van der Waals surface area contributed by atoms with Gasteiger partial charge in [0.1, 0.15) is 18.7 Å². The highest BCUT2D eigenvalue weighted by atomic mass is 127. The van der Waals surface area contributed by atoms with Gasteiger partial charge in [0, 0.05) is 19.6 Å². The molecule has 0 aliphatic heterocycles. The Morgan fingerprint density at radius 1 is 1.61 bits per heavy atom. The summed E-state index contributed by atoms with van der Waals surface area (Å²) in [5, 5.41) is 10.7. The van der Waals surface area contributed by atoms with Crippen molar-refractivity contribution in [3.05, 3.63) is 12.2 Å². The van der Waals surface area contributed by atoms with E-state index >= 15 is 0 Å². The smallest absolute Gasteiger partial charge is 0.191 e. The van der Waals surface area contributed by atoms with Crippen LogP contribution < -0.4 is 10.6 Å². The Morgan fingerprint density at radius 2 is 2.33 bits per heavy atom. The monoisotopic (exact) mass is 364 g/mol. The summed E-state index contributed by atoms with van der Waals surface area (Å²) in [6.45, 7) is 5.72. The lowest BCUT2D eigenvalue weighted by molar-refractivity contribution is 0.695. The van der Waals surface area contributed by atoms with Crippen molar-refractivity contribution in [1.29, 1.82) is 0 Å². The standard InChI is InChI=1S/C11H20N6.HI/c1-4-12-11(16-9-5-8(9)2)13-6-10-14-7-15-17(10)3;/h7-9H,4-6H2,1-3H3,(H2,12,13,16);1H. The average Bonchev–Trinajstić information content (AvgIpc) is 2.83. The van der Waals surface area contributed by atoms with Crippen molar-refractivity contribution in [3.63, 3.8) is 0 Å². The Balaban J connectivity index is 0.00000162. The number of nitrogens with one attached hydrogen (secondary N) is 2. The lowest BCUT2D eigenvalue weighted by atomic mass is 10.5. The van der Waals surface area contributed by atoms with Crippen LogP contribution in [0.25, 0.3) is 0 Å². The van der Waals surface area contributed by atoms with E-state index in [1.54, 1.807) is 11.0 Å². The SMILES string of the molecule is CCNC(=NCc1ncnn1C)NC1CC1C.I. The highest BCUT2D eigenvalue weighted by Crippen LogP contribution is 2.28. The van der Waals surface area contributed by atoms with Gasteiger partial charge in [0.25, 0.3) is 0 Å². The normalized spacial score (nSPS) is 22.3. The van der Waals surface area contributed by atoms with E-state index in [1.807, 2.05) is 7.05 Å². The summed E-state index contributed by atoms with van der Waals surface area (Å²) in [7, 11) is 1.88. The first-order chi connectivity index (χ1) is 8.20. The molecular weight excluding hydrogens is 343 g/mol. The van der Waals surface area contributed by atoms with Crippen LogP contribution in [-0.2, 0) is 13.6 Å². The lowest BCUT2D eigenvalue weighted by Gasteiger charge is -2.10. The van der Waals surface area contributed by atoms with Crippen molar-refractivity contribution in [2.24, 2.45) is 18.0 Å². The van der Waals surface area contributed by atoms with Crippen LogP contribution >= 0.6 is 24.0 Å². The van der Waals surface area contributed by atoms with Crippen molar-refractivity contribution in [2.45, 2.75) is 32.9 Å². The maximum Gasteiger partial charge on any atom is 0.191 e. The molecule has 1 saturated carbocycles. The third kappa shape index (κ3) is 4.11. The molecule has 1 aromatic heterocycles. The van der Waals surface area contributed by atoms with Crippen LogP contribution in [0.15, 0.2) is 11.3 Å². The lowest BCUT2D eigenvalue weighted by Crippen LogP contribution is -2.39. The first-order valence-electron chi connectivity index (χ1n) is 6.08. The van der Waals surface area contributed by atoms with Gasteiger partial charge in [-0.25, -0.2) is 9.98 Å². The zero-order chi connectivity index (χ0) is 12.3. The molecule has 2 atom stereocenters. The summed E-state index contributed by atoms with van der Waals surface area (Å²) in [4.78, 5) is 8.65. The number of aryl methyl sites for hydroxylation is 1. The Kier molecular flexibility index (Phi) is 5.83. The molecule has 1 aromatic rings. The third-order valence-electron chi connectivity index (χ3n) is 2.96. The van der Waals surface area contributed by atoms with E-state index in [1.165, 1.54) is 6.42 Å². The average molecular weight is 364 g/mol. The van der Waals surface area contributed by atoms with Gasteiger partial charge >= 0.3 is 0 Å². The van der Waals surface area contributed by atoms with Crippen LogP contribution in [0.1, 0.15) is 26.1 Å². The highest BCUT2D eigenvalue weighted by molar-refractivity contribution is 14.0. The summed E-state index contributed by atoms with van der Waals surface area (Å²) in [6, 6.07) is 0.576. The molecule has 0 amide bonds. The number of hydrogen-bond acceptors (Lipinski definition) is 3. The van der Waals surface area contributed by atoms with Crippen LogP contribution in [-0.4, -0.2) is 33.3 Å². The largest absolute Gasteiger partial charge is 0.357 e. The summed E-state index contributed by atoms with van der Waals surface area (Å²) < 4.78 is 1.74. The topological polar surface area (TPSA) is 67.1 Å². The van der Waals surface area contributed by atoms with E-state index in [9.17, 15) is 0 Å². The van der Waals surface area contributed by atoms with Crippen LogP contribution in [0.5, 0.6) is 0 Å². The number of halogens is 1. The fourth-order valence-electron chi connectivity index (χ4n) is 1.63. The van der Waals surface area contributed by atoms with Crippen LogP contribution in [0, 0.1) is 5.92 Å². The minimum absolute atomic E-state index is 0. The predicted octanol–water partition coefficient (Wildman–Crippen LogP) is 0.897. The van der Waals surface area contributed by atoms with Gasteiger partial charge in [-0.2, -0.15) is 5.10 Å². The van der Waals surface area contributed by atoms with Gasteiger partial charge in [-0.3, -0.25) is 4.68 Å². The zero-order valence-corrected chi connectivity index (χ0v) is 13.4. The van der Waals surface area contributed by atoms with E-state index in [0.29, 0.717) is 12.6 Å². The van der Waals surface area contributed by atoms with E-state index in [4.69, 9.17) is 0 Å². The molecule has 0 saturated heterocycles. The molecule has 0 radical (unpaired) electrons. The summed E-state index contributed by atoms with van der Waals surface area (Å²) in [5.41, 5.74) is 0. The number of aromatic nitrogens is 3. The molecule has 1 aliphatic carbocycles. The molecule has 0 bridgehead atoms. The molecule has 18 heavy (non-hydrogen) atoms. The van der Waals surface area contributed by atoms with Crippen molar-refractivity contribution in [1.82, 2.24) is 25.4 Å². The number of guanidine groups is 1. The maximum atomic E-state index is 4.50. The van der Waals surface area contributed by atoms with Crippen molar-refractivity contribution >= 4 is 29.9 Å². The fourth-order valence-corrected chi connectivity index (χ4v) is 1.63. The fraction of sp³-hybridized carbons (Fsp3) is 0.727. The second-order valence-corrected chi connectivity index (χ2v) is 4.46. The third-order valence-corrected chi connectivity index (χ3v) is 2.96. The van der Waals surface area contributed by atoms with Gasteiger partial charge in [0.2, 0.25) is 0 Å². The van der Waals surface area contributed by atoms with Gasteiger partial charge in [0.15, 0.2) is 5.96 Å². The Hall–Kier alpha value is -0.860. The maximum absolute atomic E-state index is 4.50. The Bertz CT molecular complexity index is 402. The molecule has 0 aromatic carbocycles. The van der Waals surface area contributed by atoms with Crippen molar-refractivity contribution in [2.75, 3.05) is 6.54 Å². The molecule has 2 rings (SSSR count). The van der Waals surface area contributed by atoms with Gasteiger partial charge in [0.05, 0.1) is 0 Å².